The van der Waals surface area contributed by atoms with Gasteiger partial charge in [0.1, 0.15) is 5.82 Å². The number of rotatable bonds is 2. The van der Waals surface area contributed by atoms with Gasteiger partial charge < -0.3 is 10.1 Å². The van der Waals surface area contributed by atoms with E-state index in [0.717, 1.165) is 23.5 Å². The van der Waals surface area contributed by atoms with E-state index in [1.807, 2.05) is 25.3 Å². The molecule has 0 amide bonds. The van der Waals surface area contributed by atoms with Gasteiger partial charge in [-0.25, -0.2) is 4.98 Å². The highest BCUT2D eigenvalue weighted by molar-refractivity contribution is 5.54. The molecule has 14 heavy (non-hydrogen) atoms. The lowest BCUT2D eigenvalue weighted by Gasteiger charge is -2.00. The van der Waals surface area contributed by atoms with E-state index in [1.165, 1.54) is 0 Å². The van der Waals surface area contributed by atoms with Gasteiger partial charge in [0, 0.05) is 18.7 Å². The molecule has 74 valence electrons. The Morgan fingerprint density at radius 1 is 1.50 bits per heavy atom. The van der Waals surface area contributed by atoms with E-state index in [0.29, 0.717) is 0 Å². The summed E-state index contributed by atoms with van der Waals surface area (Å²) in [6, 6.07) is 6.08. The van der Waals surface area contributed by atoms with Crippen LogP contribution in [-0.2, 0) is 6.42 Å². The first-order chi connectivity index (χ1) is 6.74. The zero-order valence-electron chi connectivity index (χ0n) is 8.57. The van der Waals surface area contributed by atoms with Gasteiger partial charge >= 0.3 is 0 Å². The average molecular weight is 189 g/mol. The summed E-state index contributed by atoms with van der Waals surface area (Å²) < 4.78 is 2.11. The van der Waals surface area contributed by atoms with Crippen LogP contribution in [0.2, 0.25) is 0 Å². The Balaban J connectivity index is 2.73. The third-order valence-corrected chi connectivity index (χ3v) is 2.40. The molecule has 0 saturated carbocycles. The standard InChI is InChI=1S/C11H15N3/c1-3-10-13-11(8(2)12)9-6-4-5-7-14(9)10/h4-8H,3,12H2,1-2H3. The van der Waals surface area contributed by atoms with Crippen LogP contribution in [0.25, 0.3) is 5.52 Å². The van der Waals surface area contributed by atoms with Crippen LogP contribution < -0.4 is 5.73 Å². The van der Waals surface area contributed by atoms with Gasteiger partial charge in [0.05, 0.1) is 11.2 Å². The van der Waals surface area contributed by atoms with Crippen molar-refractivity contribution in [1.29, 1.82) is 0 Å². The van der Waals surface area contributed by atoms with Gasteiger partial charge in [0.2, 0.25) is 0 Å². The van der Waals surface area contributed by atoms with Crippen molar-refractivity contribution in [3.63, 3.8) is 0 Å². The summed E-state index contributed by atoms with van der Waals surface area (Å²) in [6.07, 6.45) is 2.96. The van der Waals surface area contributed by atoms with E-state index in [9.17, 15) is 0 Å². The predicted molar refractivity (Wildman–Crippen MR) is 57.2 cm³/mol. The summed E-state index contributed by atoms with van der Waals surface area (Å²) in [5, 5.41) is 0. The lowest BCUT2D eigenvalue weighted by Crippen LogP contribution is -2.05. The summed E-state index contributed by atoms with van der Waals surface area (Å²) in [5.41, 5.74) is 7.98. The number of aromatic nitrogens is 2. The second kappa shape index (κ2) is 3.42. The first-order valence-electron chi connectivity index (χ1n) is 4.95. The van der Waals surface area contributed by atoms with E-state index in [2.05, 4.69) is 22.4 Å². The number of fused-ring (bicyclic) bond motifs is 1. The Bertz CT molecular complexity index is 443. The fourth-order valence-corrected chi connectivity index (χ4v) is 1.71. The second-order valence-corrected chi connectivity index (χ2v) is 3.51. The van der Waals surface area contributed by atoms with Gasteiger partial charge in [0.15, 0.2) is 0 Å². The van der Waals surface area contributed by atoms with Crippen LogP contribution >= 0.6 is 0 Å². The quantitative estimate of drug-likeness (QED) is 0.784. The minimum atomic E-state index is -0.00676. The topological polar surface area (TPSA) is 43.3 Å². The fourth-order valence-electron chi connectivity index (χ4n) is 1.71. The molecule has 0 aliphatic rings. The molecule has 0 aromatic carbocycles. The number of hydrogen-bond acceptors (Lipinski definition) is 2. The second-order valence-electron chi connectivity index (χ2n) is 3.51. The summed E-state index contributed by atoms with van der Waals surface area (Å²) in [5.74, 6) is 1.08. The maximum absolute atomic E-state index is 5.87. The zero-order chi connectivity index (χ0) is 10.1. The highest BCUT2D eigenvalue weighted by Crippen LogP contribution is 2.18. The molecule has 2 aromatic heterocycles. The molecule has 0 radical (unpaired) electrons. The number of imidazole rings is 1. The number of aryl methyl sites for hydroxylation is 1. The Morgan fingerprint density at radius 2 is 2.29 bits per heavy atom. The van der Waals surface area contributed by atoms with E-state index >= 15 is 0 Å². The van der Waals surface area contributed by atoms with Crippen LogP contribution in [0.5, 0.6) is 0 Å². The molecule has 2 rings (SSSR count). The van der Waals surface area contributed by atoms with Crippen LogP contribution in [0.4, 0.5) is 0 Å². The molecule has 1 unspecified atom stereocenters. The number of pyridine rings is 1. The van der Waals surface area contributed by atoms with Crippen molar-refractivity contribution in [1.82, 2.24) is 9.38 Å². The van der Waals surface area contributed by atoms with Gasteiger partial charge in [-0.05, 0) is 19.1 Å². The zero-order valence-corrected chi connectivity index (χ0v) is 8.57. The van der Waals surface area contributed by atoms with Crippen LogP contribution in [0.1, 0.15) is 31.4 Å². The molecule has 2 heterocycles. The molecule has 0 bridgehead atoms. The van der Waals surface area contributed by atoms with Crippen molar-refractivity contribution in [2.45, 2.75) is 26.3 Å². The van der Waals surface area contributed by atoms with Gasteiger partial charge in [-0.1, -0.05) is 13.0 Å². The molecule has 3 heteroatoms. The Hall–Kier alpha value is -1.35. The molecule has 0 fully saturated rings. The largest absolute Gasteiger partial charge is 0.323 e. The molecule has 2 N–H and O–H groups in total. The molecule has 0 spiro atoms. The smallest absolute Gasteiger partial charge is 0.113 e. The fraction of sp³-hybridized carbons (Fsp3) is 0.364. The lowest BCUT2D eigenvalue weighted by molar-refractivity contribution is 0.788. The van der Waals surface area contributed by atoms with Gasteiger partial charge in [-0.3, -0.25) is 0 Å². The van der Waals surface area contributed by atoms with E-state index in [1.54, 1.807) is 0 Å². The van der Waals surface area contributed by atoms with Gasteiger partial charge in [0.25, 0.3) is 0 Å². The van der Waals surface area contributed by atoms with E-state index in [4.69, 9.17) is 5.73 Å². The minimum Gasteiger partial charge on any atom is -0.323 e. The molecule has 0 aliphatic carbocycles. The van der Waals surface area contributed by atoms with Crippen LogP contribution in [0.3, 0.4) is 0 Å². The van der Waals surface area contributed by atoms with Crippen molar-refractivity contribution in [3.8, 4) is 0 Å². The van der Waals surface area contributed by atoms with Crippen molar-refractivity contribution < 1.29 is 0 Å². The molecule has 2 aromatic rings. The average Bonchev–Trinajstić information content (AvgIpc) is 2.56. The summed E-state index contributed by atoms with van der Waals surface area (Å²) in [4.78, 5) is 4.55. The normalized spacial score (nSPS) is 13.4. The molecular formula is C11H15N3. The SMILES string of the molecule is CCc1nc(C(C)N)c2ccccn12. The van der Waals surface area contributed by atoms with Crippen molar-refractivity contribution in [3.05, 3.63) is 35.9 Å². The maximum Gasteiger partial charge on any atom is 0.113 e. The van der Waals surface area contributed by atoms with Crippen LogP contribution in [0, 0.1) is 0 Å². The lowest BCUT2D eigenvalue weighted by atomic mass is 10.2. The maximum atomic E-state index is 5.87. The molecule has 0 saturated heterocycles. The minimum absolute atomic E-state index is 0.00676. The molecular weight excluding hydrogens is 174 g/mol. The number of nitrogens with two attached hydrogens (primary N) is 1. The number of nitrogens with zero attached hydrogens (tertiary/aromatic N) is 2. The summed E-state index contributed by atoms with van der Waals surface area (Å²) >= 11 is 0. The monoisotopic (exact) mass is 189 g/mol. The first-order valence-corrected chi connectivity index (χ1v) is 4.95. The highest BCUT2D eigenvalue weighted by atomic mass is 15.0. The van der Waals surface area contributed by atoms with Gasteiger partial charge in [-0.15, -0.1) is 0 Å². The van der Waals surface area contributed by atoms with Crippen molar-refractivity contribution in [2.75, 3.05) is 0 Å². The predicted octanol–water partition coefficient (Wildman–Crippen LogP) is 1.92. The molecule has 0 aliphatic heterocycles. The Labute approximate surface area is 83.6 Å². The molecule has 3 nitrogen and oxygen atoms in total. The third kappa shape index (κ3) is 1.30. The van der Waals surface area contributed by atoms with Crippen LogP contribution in [-0.4, -0.2) is 9.38 Å². The molecule has 1 atom stereocenters. The number of hydrogen-bond donors (Lipinski definition) is 1. The van der Waals surface area contributed by atoms with E-state index < -0.39 is 0 Å². The highest BCUT2D eigenvalue weighted by Gasteiger charge is 2.11. The van der Waals surface area contributed by atoms with Crippen LogP contribution in [0.15, 0.2) is 24.4 Å². The van der Waals surface area contributed by atoms with Crippen molar-refractivity contribution >= 4 is 5.52 Å². The van der Waals surface area contributed by atoms with Gasteiger partial charge in [-0.2, -0.15) is 0 Å². The summed E-state index contributed by atoms with van der Waals surface area (Å²) in [6.45, 7) is 4.07. The third-order valence-electron chi connectivity index (χ3n) is 2.40. The Morgan fingerprint density at radius 3 is 2.93 bits per heavy atom. The van der Waals surface area contributed by atoms with Crippen molar-refractivity contribution in [2.24, 2.45) is 5.73 Å². The van der Waals surface area contributed by atoms with E-state index in [-0.39, 0.29) is 6.04 Å². The Kier molecular flexibility index (Phi) is 2.25. The first kappa shape index (κ1) is 9.21. The summed E-state index contributed by atoms with van der Waals surface area (Å²) in [7, 11) is 0.